The van der Waals surface area contributed by atoms with Gasteiger partial charge in [0, 0.05) is 27.4 Å². The van der Waals surface area contributed by atoms with Gasteiger partial charge in [-0.05, 0) is 129 Å². The molecule has 0 bridgehead atoms. The lowest BCUT2D eigenvalue weighted by Gasteiger charge is -2.65. The quantitative estimate of drug-likeness (QED) is 0.327. The van der Waals surface area contributed by atoms with Gasteiger partial charge in [0.05, 0.1) is 17.3 Å². The maximum absolute atomic E-state index is 12.8. The number of aliphatic hydroxyl groups excluding tert-OH is 1. The van der Waals surface area contributed by atoms with E-state index >= 15 is 0 Å². The Labute approximate surface area is 249 Å². The van der Waals surface area contributed by atoms with Gasteiger partial charge in [0.25, 0.3) is 0 Å². The molecule has 1 aliphatic heterocycles. The van der Waals surface area contributed by atoms with Crippen LogP contribution in [0.3, 0.4) is 0 Å². The van der Waals surface area contributed by atoms with Crippen LogP contribution in [0.1, 0.15) is 95.0 Å². The molecule has 42 heavy (non-hydrogen) atoms. The molecule has 2 heterocycles. The first kappa shape index (κ1) is 27.4. The molecule has 3 saturated carbocycles. The number of H-pyrrole nitrogens is 1. The molecule has 4 N–H and O–H groups in total. The first-order valence-corrected chi connectivity index (χ1v) is 16.2. The summed E-state index contributed by atoms with van der Waals surface area (Å²) in [4.78, 5) is 3.96. The number of ether oxygens (including phenoxy) is 1. The summed E-state index contributed by atoms with van der Waals surface area (Å²) in [5.74, 6) is 1.39. The summed E-state index contributed by atoms with van der Waals surface area (Å²) in [7, 11) is 0. The highest BCUT2D eigenvalue weighted by molar-refractivity contribution is 5.91. The van der Waals surface area contributed by atoms with Crippen LogP contribution in [0.4, 0.5) is 0 Å². The summed E-state index contributed by atoms with van der Waals surface area (Å²) in [6.07, 6.45) is 6.75. The minimum Gasteiger partial charge on any atom is -0.390 e. The third kappa shape index (κ3) is 3.09. The van der Waals surface area contributed by atoms with Crippen LogP contribution < -0.4 is 0 Å². The fourth-order valence-corrected chi connectivity index (χ4v) is 11.1. The minimum absolute atomic E-state index is 0.189. The summed E-state index contributed by atoms with van der Waals surface area (Å²) in [6.45, 7) is 19.1. The van der Waals surface area contributed by atoms with Crippen LogP contribution in [0, 0.1) is 23.2 Å². The normalized spacial score (nSPS) is 43.8. The van der Waals surface area contributed by atoms with Gasteiger partial charge in [0.2, 0.25) is 0 Å². The van der Waals surface area contributed by atoms with Crippen molar-refractivity contribution >= 4 is 10.9 Å². The molecule has 5 aliphatic carbocycles. The lowest BCUT2D eigenvalue weighted by Crippen LogP contribution is -2.67. The van der Waals surface area contributed by atoms with E-state index in [0.29, 0.717) is 24.2 Å². The standard InChI is InChI=1S/C37H47NO4/c1-18(2)32-27(39)17-24-28(42-32)11-12-35(6)36(7)21(10-13-37(24,35)41)15-23-31-26(38-33(23)36)9-8-20-14-19(3)22-16-25(34(4,5)40)30(22)29(20)31/h8-9,17,21-22,25,27-28,30,32,38-41H,1,3,10-16H2,2,4-7H3. The highest BCUT2D eigenvalue weighted by Crippen LogP contribution is 2.70. The van der Waals surface area contributed by atoms with Crippen molar-refractivity contribution < 1.29 is 20.1 Å². The number of fused-ring (bicyclic) bond motifs is 13. The minimum atomic E-state index is -1.05. The second kappa shape index (κ2) is 8.29. The van der Waals surface area contributed by atoms with Crippen LogP contribution >= 0.6 is 0 Å². The van der Waals surface area contributed by atoms with Gasteiger partial charge in [0.1, 0.15) is 12.2 Å². The van der Waals surface area contributed by atoms with E-state index in [0.717, 1.165) is 49.7 Å². The van der Waals surface area contributed by atoms with Crippen molar-refractivity contribution in [3.8, 4) is 0 Å². The Bertz CT molecular complexity index is 1590. The number of rotatable bonds is 2. The van der Waals surface area contributed by atoms with Gasteiger partial charge in [-0.15, -0.1) is 0 Å². The van der Waals surface area contributed by atoms with E-state index in [1.54, 1.807) is 0 Å². The van der Waals surface area contributed by atoms with Crippen molar-refractivity contribution in [2.45, 2.75) is 120 Å². The van der Waals surface area contributed by atoms with E-state index in [1.165, 1.54) is 38.9 Å². The molecule has 0 amide bonds. The molecule has 10 atom stereocenters. The zero-order valence-electron chi connectivity index (χ0n) is 25.9. The predicted molar refractivity (Wildman–Crippen MR) is 165 cm³/mol. The molecular weight excluding hydrogens is 522 g/mol. The topological polar surface area (TPSA) is 85.7 Å². The average molecular weight is 570 g/mol. The van der Waals surface area contributed by atoms with Crippen LogP contribution in [-0.2, 0) is 23.0 Å². The van der Waals surface area contributed by atoms with E-state index in [2.05, 4.69) is 44.1 Å². The number of nitrogens with one attached hydrogen (secondary N) is 1. The number of allylic oxidation sites excluding steroid dienone is 1. The van der Waals surface area contributed by atoms with Gasteiger partial charge in [0.15, 0.2) is 0 Å². The number of aromatic nitrogens is 1. The Morgan fingerprint density at radius 3 is 2.64 bits per heavy atom. The lowest BCUT2D eigenvalue weighted by molar-refractivity contribution is -0.185. The average Bonchev–Trinajstić information content (AvgIpc) is 3.39. The highest BCUT2D eigenvalue weighted by atomic mass is 16.5. The third-order valence-electron chi connectivity index (χ3n) is 13.6. The molecule has 5 nitrogen and oxygen atoms in total. The number of aliphatic hydroxyl groups is 3. The Hall–Kier alpha value is -2.18. The van der Waals surface area contributed by atoms with E-state index in [4.69, 9.17) is 4.74 Å². The first-order valence-electron chi connectivity index (χ1n) is 16.2. The second-order valence-electron chi connectivity index (χ2n) is 15.9. The molecule has 2 aromatic rings. The molecule has 1 aromatic carbocycles. The Morgan fingerprint density at radius 1 is 1.17 bits per heavy atom. The summed E-state index contributed by atoms with van der Waals surface area (Å²) in [6, 6.07) is 4.55. The lowest BCUT2D eigenvalue weighted by atomic mass is 9.42. The fourth-order valence-electron chi connectivity index (χ4n) is 11.1. The van der Waals surface area contributed by atoms with Gasteiger partial charge >= 0.3 is 0 Å². The number of hydrogen-bond donors (Lipinski definition) is 4. The summed E-state index contributed by atoms with van der Waals surface area (Å²) >= 11 is 0. The summed E-state index contributed by atoms with van der Waals surface area (Å²) in [5.41, 5.74) is 7.31. The van der Waals surface area contributed by atoms with E-state index in [9.17, 15) is 15.3 Å². The van der Waals surface area contributed by atoms with Crippen LogP contribution in [0.15, 0.2) is 48.1 Å². The zero-order chi connectivity index (χ0) is 29.7. The van der Waals surface area contributed by atoms with Crippen molar-refractivity contribution in [2.75, 3.05) is 0 Å². The van der Waals surface area contributed by atoms with E-state index in [1.807, 2.05) is 26.8 Å². The maximum Gasteiger partial charge on any atom is 0.108 e. The van der Waals surface area contributed by atoms with Crippen LogP contribution in [0.2, 0.25) is 0 Å². The molecule has 224 valence electrons. The number of aromatic amines is 1. The fraction of sp³-hybridized carbons (Fsp3) is 0.622. The van der Waals surface area contributed by atoms with E-state index in [-0.39, 0.29) is 17.4 Å². The Balaban J connectivity index is 1.28. The van der Waals surface area contributed by atoms with E-state index < -0.39 is 28.8 Å². The van der Waals surface area contributed by atoms with Crippen molar-refractivity contribution in [2.24, 2.45) is 23.2 Å². The van der Waals surface area contributed by atoms with Crippen molar-refractivity contribution in [1.82, 2.24) is 4.98 Å². The van der Waals surface area contributed by atoms with Crippen molar-refractivity contribution in [1.29, 1.82) is 0 Å². The molecule has 6 aliphatic rings. The molecule has 8 rings (SSSR count). The Morgan fingerprint density at radius 2 is 1.93 bits per heavy atom. The first-order chi connectivity index (χ1) is 19.7. The van der Waals surface area contributed by atoms with Crippen LogP contribution in [-0.4, -0.2) is 49.8 Å². The number of benzene rings is 1. The van der Waals surface area contributed by atoms with Gasteiger partial charge in [-0.3, -0.25) is 0 Å². The molecule has 0 radical (unpaired) electrons. The molecule has 3 fully saturated rings. The van der Waals surface area contributed by atoms with Gasteiger partial charge in [-0.2, -0.15) is 0 Å². The Kier molecular flexibility index (Phi) is 5.41. The van der Waals surface area contributed by atoms with Crippen molar-refractivity contribution in [3.63, 3.8) is 0 Å². The molecule has 1 aromatic heterocycles. The largest absolute Gasteiger partial charge is 0.390 e. The van der Waals surface area contributed by atoms with Crippen molar-refractivity contribution in [3.05, 3.63) is 70.5 Å². The molecule has 0 saturated heterocycles. The second-order valence-corrected chi connectivity index (χ2v) is 15.9. The summed E-state index contributed by atoms with van der Waals surface area (Å²) in [5, 5.41) is 36.4. The van der Waals surface area contributed by atoms with Gasteiger partial charge in [-0.25, -0.2) is 0 Å². The molecule has 5 heteroatoms. The SMILES string of the molecule is C=C1Cc2ccc3[nH]c4c(c3c2C2C1CC2C(C)(C)O)CC1CCC2(O)C3=CC(O)C(C(=C)C)OC3CCC2(C)C41C. The maximum atomic E-state index is 12.8. The molecule has 10 unspecified atom stereocenters. The molecular formula is C37H47NO4. The highest BCUT2D eigenvalue weighted by Gasteiger charge is 2.70. The molecule has 0 spiro atoms. The summed E-state index contributed by atoms with van der Waals surface area (Å²) < 4.78 is 6.41. The van der Waals surface area contributed by atoms with Gasteiger partial charge < -0.3 is 25.0 Å². The number of hydrogen-bond acceptors (Lipinski definition) is 4. The zero-order valence-corrected chi connectivity index (χ0v) is 25.9. The monoisotopic (exact) mass is 569 g/mol. The van der Waals surface area contributed by atoms with Crippen LogP contribution in [0.5, 0.6) is 0 Å². The third-order valence-corrected chi connectivity index (χ3v) is 13.6. The van der Waals surface area contributed by atoms with Gasteiger partial charge in [-0.1, -0.05) is 38.6 Å². The predicted octanol–water partition coefficient (Wildman–Crippen LogP) is 6.16. The van der Waals surface area contributed by atoms with Crippen LogP contribution in [0.25, 0.3) is 10.9 Å². The smallest absolute Gasteiger partial charge is 0.108 e.